The van der Waals surface area contributed by atoms with Crippen molar-refractivity contribution >= 4 is 44.9 Å². The monoisotopic (exact) mass is 455 g/mol. The second-order valence-corrected chi connectivity index (χ2v) is 7.86. The molecule has 1 aromatic carbocycles. The molecule has 1 aliphatic rings. The smallest absolute Gasteiger partial charge is 0.324 e. The molecule has 7 nitrogen and oxygen atoms in total. The van der Waals surface area contributed by atoms with Crippen LogP contribution in [0, 0.1) is 11.6 Å². The molecule has 3 aromatic rings. The molecule has 0 radical (unpaired) electrons. The van der Waals surface area contributed by atoms with E-state index in [1.165, 1.54) is 4.57 Å². The molecule has 156 valence electrons. The van der Waals surface area contributed by atoms with Crippen LogP contribution in [0.4, 0.5) is 22.0 Å². The number of aromatic amines is 1. The number of rotatable bonds is 5. The van der Waals surface area contributed by atoms with Crippen molar-refractivity contribution in [2.75, 3.05) is 7.05 Å². The lowest BCUT2D eigenvalue weighted by Crippen LogP contribution is -2.28. The van der Waals surface area contributed by atoms with Crippen LogP contribution in [-0.2, 0) is 4.33 Å². The number of alkyl halides is 3. The van der Waals surface area contributed by atoms with Crippen LogP contribution < -0.4 is 15.9 Å². The molecule has 1 aliphatic carbocycles. The van der Waals surface area contributed by atoms with Gasteiger partial charge in [-0.1, -0.05) is 4.33 Å². The van der Waals surface area contributed by atoms with Gasteiger partial charge < -0.3 is 9.45 Å². The summed E-state index contributed by atoms with van der Waals surface area (Å²) in [6, 6.07) is 0.411. The number of hydrogen-bond acceptors (Lipinski definition) is 7. The summed E-state index contributed by atoms with van der Waals surface area (Å²) >= 11 is 0.539. The van der Waals surface area contributed by atoms with Crippen LogP contribution >= 0.6 is 23.8 Å². The predicted molar refractivity (Wildman–Crippen MR) is 95.5 cm³/mol. The second kappa shape index (κ2) is 6.97. The number of aromatic nitrogens is 2. The first-order chi connectivity index (χ1) is 13.6. The third kappa shape index (κ3) is 3.39. The quantitative estimate of drug-likeness (QED) is 0.157. The van der Waals surface area contributed by atoms with E-state index in [0.717, 1.165) is 11.5 Å². The number of H-pyrrole nitrogens is 1. The molecule has 0 amide bonds. The average molecular weight is 455 g/mol. The Labute approximate surface area is 166 Å². The van der Waals surface area contributed by atoms with Gasteiger partial charge in [0.05, 0.1) is 5.39 Å². The van der Waals surface area contributed by atoms with Gasteiger partial charge in [0.15, 0.2) is 5.82 Å². The Kier molecular flexibility index (Phi) is 4.83. The van der Waals surface area contributed by atoms with Gasteiger partial charge in [0.2, 0.25) is 17.0 Å². The Balaban J connectivity index is 1.91. The van der Waals surface area contributed by atoms with Crippen LogP contribution in [-0.4, -0.2) is 26.6 Å². The zero-order chi connectivity index (χ0) is 21.1. The molecule has 14 heteroatoms. The van der Waals surface area contributed by atoms with E-state index < -0.39 is 34.7 Å². The highest BCUT2D eigenvalue weighted by Gasteiger charge is 2.36. The van der Waals surface area contributed by atoms with Gasteiger partial charge in [0, 0.05) is 13.1 Å². The molecule has 0 saturated heterocycles. The Hall–Kier alpha value is -2.16. The summed E-state index contributed by atoms with van der Waals surface area (Å²) in [6.07, 6.45) is -3.48. The van der Waals surface area contributed by atoms with Crippen LogP contribution in [0.3, 0.4) is 0 Å². The summed E-state index contributed by atoms with van der Waals surface area (Å²) in [4.78, 5) is 29.6. The molecule has 0 unspecified atom stereocenters. The van der Waals surface area contributed by atoms with Crippen LogP contribution in [0.5, 0.6) is 5.75 Å². The van der Waals surface area contributed by atoms with E-state index in [2.05, 4.69) is 13.6 Å². The predicted octanol–water partition coefficient (Wildman–Crippen LogP) is 3.84. The molecule has 2 heterocycles. The van der Waals surface area contributed by atoms with Crippen molar-refractivity contribution in [3.05, 3.63) is 38.3 Å². The fourth-order valence-corrected chi connectivity index (χ4v) is 3.99. The molecule has 0 aliphatic heterocycles. The van der Waals surface area contributed by atoms with Crippen LogP contribution in [0.1, 0.15) is 18.9 Å². The summed E-state index contributed by atoms with van der Waals surface area (Å²) in [6.45, 7) is 0. The largest absolute Gasteiger partial charge is 0.471 e. The van der Waals surface area contributed by atoms with Crippen molar-refractivity contribution in [3.8, 4) is 5.75 Å². The normalized spacial score (nSPS) is 15.0. The molecule has 0 atom stereocenters. The molecule has 29 heavy (non-hydrogen) atoms. The van der Waals surface area contributed by atoms with E-state index >= 15 is 0 Å². The van der Waals surface area contributed by atoms with Crippen LogP contribution in [0.25, 0.3) is 21.1 Å². The average Bonchev–Trinajstić information content (AvgIpc) is 3.40. The summed E-state index contributed by atoms with van der Waals surface area (Å²) < 4.78 is 74.2. The fourth-order valence-electron chi connectivity index (χ4n) is 2.80. The molecule has 1 N–H and O–H groups in total. The van der Waals surface area contributed by atoms with Crippen LogP contribution in [0.2, 0.25) is 0 Å². The number of halogens is 5. The summed E-state index contributed by atoms with van der Waals surface area (Å²) in [5, 5.41) is -0.557. The van der Waals surface area contributed by atoms with E-state index in [1.54, 1.807) is 0 Å². The van der Waals surface area contributed by atoms with Crippen molar-refractivity contribution in [1.82, 2.24) is 13.2 Å². The molecule has 1 fully saturated rings. The third-order valence-corrected chi connectivity index (χ3v) is 5.73. The molecule has 0 spiro atoms. The Morgan fingerprint density at radius 3 is 2.62 bits per heavy atom. The van der Waals surface area contributed by atoms with E-state index in [9.17, 15) is 31.5 Å². The first-order valence-corrected chi connectivity index (χ1v) is 9.52. The highest BCUT2D eigenvalue weighted by molar-refractivity contribution is 7.92. The van der Waals surface area contributed by atoms with E-state index in [-0.39, 0.29) is 43.7 Å². The van der Waals surface area contributed by atoms with Gasteiger partial charge in [-0.15, -0.1) is 4.31 Å². The first kappa shape index (κ1) is 20.1. The zero-order valence-electron chi connectivity index (χ0n) is 14.3. The number of hydrogen-bond donors (Lipinski definition) is 1. The topological polar surface area (TPSA) is 76.6 Å². The molecule has 1 saturated carbocycles. The van der Waals surface area contributed by atoms with Gasteiger partial charge in [0.25, 0.3) is 5.56 Å². The van der Waals surface area contributed by atoms with Crippen molar-refractivity contribution in [2.45, 2.75) is 25.2 Å². The molecule has 4 rings (SSSR count). The first-order valence-electron chi connectivity index (χ1n) is 8.00. The summed E-state index contributed by atoms with van der Waals surface area (Å²) in [7, 11) is 0.634. The van der Waals surface area contributed by atoms with E-state index in [0.29, 0.717) is 26.0 Å². The van der Waals surface area contributed by atoms with Gasteiger partial charge >= 0.3 is 6.30 Å². The zero-order valence-corrected chi connectivity index (χ0v) is 15.9. The highest BCUT2D eigenvalue weighted by Crippen LogP contribution is 2.43. The molecular formula is C15H10F5N3O4S2. The lowest BCUT2D eigenvalue weighted by Gasteiger charge is -2.18. The van der Waals surface area contributed by atoms with Crippen molar-refractivity contribution in [3.63, 3.8) is 0 Å². The van der Waals surface area contributed by atoms with Crippen LogP contribution in [0.15, 0.2) is 15.7 Å². The Morgan fingerprint density at radius 2 is 2.00 bits per heavy atom. The summed E-state index contributed by atoms with van der Waals surface area (Å²) in [5.41, 5.74) is -1.72. The maximum absolute atomic E-state index is 14.5. The second-order valence-electron chi connectivity index (χ2n) is 6.23. The number of nitrogens with zero attached hydrogens (tertiary/aromatic N) is 2. The Morgan fingerprint density at radius 1 is 1.31 bits per heavy atom. The van der Waals surface area contributed by atoms with Gasteiger partial charge in [0.1, 0.15) is 28.0 Å². The maximum Gasteiger partial charge on any atom is 0.471 e. The maximum atomic E-state index is 14.5. The van der Waals surface area contributed by atoms with E-state index in [1.807, 2.05) is 0 Å². The van der Waals surface area contributed by atoms with Gasteiger partial charge in [-0.2, -0.15) is 17.6 Å². The lowest BCUT2D eigenvalue weighted by atomic mass is 10.1. The molecule has 0 bridgehead atoms. The number of pyridine rings is 1. The molecular weight excluding hydrogens is 445 g/mol. The van der Waals surface area contributed by atoms with E-state index in [4.69, 9.17) is 0 Å². The fraction of sp³-hybridized carbons (Fsp3) is 0.333. The number of nitrogens with one attached hydrogen (secondary N) is 1. The minimum atomic E-state index is -4.77. The van der Waals surface area contributed by atoms with Crippen molar-refractivity contribution in [1.29, 1.82) is 0 Å². The van der Waals surface area contributed by atoms with Gasteiger partial charge in [-0.3, -0.25) is 14.0 Å². The third-order valence-electron chi connectivity index (χ3n) is 4.29. The lowest BCUT2D eigenvalue weighted by molar-refractivity contribution is -0.206. The van der Waals surface area contributed by atoms with Gasteiger partial charge in [-0.25, -0.2) is 4.39 Å². The van der Waals surface area contributed by atoms with Crippen molar-refractivity contribution < 1.29 is 31.2 Å². The molecule has 2 aromatic heterocycles. The SMILES string of the molecule is CN(SOOc1c(F)c(F)cc2c(=O)c3c(=O)[nH]sc3n(C3CC3)c12)C(F)(F)F. The van der Waals surface area contributed by atoms with Crippen molar-refractivity contribution in [2.24, 2.45) is 0 Å². The summed E-state index contributed by atoms with van der Waals surface area (Å²) in [5.74, 6) is -3.89. The van der Waals surface area contributed by atoms with Gasteiger partial charge in [-0.05, 0) is 30.4 Å². The minimum absolute atomic E-state index is 0.200. The minimum Gasteiger partial charge on any atom is -0.324 e. The number of fused-ring (bicyclic) bond motifs is 2. The highest BCUT2D eigenvalue weighted by atomic mass is 32.2. The Bertz CT molecular complexity index is 1230. The number of benzene rings is 1. The standard InChI is InChI=1S/C15H10F5N3O4S2/c1-22(15(18,19)20)29-27-26-12-9(17)7(16)4-6-10(12)23(5-2-3-5)14-8(11(6)24)13(25)21-28-14/h4-5H,2-3H2,1H3,(H,21,25).